The molecule has 68 valence electrons. The smallest absolute Gasteiger partial charge is 0.0898 e. The van der Waals surface area contributed by atoms with Gasteiger partial charge < -0.3 is 10.8 Å². The summed E-state index contributed by atoms with van der Waals surface area (Å²) in [4.78, 5) is 0. The van der Waals surface area contributed by atoms with Crippen molar-refractivity contribution >= 4 is 26.4 Å². The molecule has 0 amide bonds. The molecule has 1 heterocycles. The van der Waals surface area contributed by atoms with E-state index in [1.165, 1.54) is 4.70 Å². The lowest BCUT2D eigenvalue weighted by Crippen LogP contribution is -1.83. The van der Waals surface area contributed by atoms with Crippen LogP contribution < -0.4 is 5.73 Å². The van der Waals surface area contributed by atoms with E-state index in [4.69, 9.17) is 10.8 Å². The zero-order valence-electron chi connectivity index (χ0n) is 7.37. The normalized spacial score (nSPS) is 10.9. The third-order valence-electron chi connectivity index (χ3n) is 2.22. The van der Waals surface area contributed by atoms with Crippen molar-refractivity contribution in [1.29, 1.82) is 0 Å². The Balaban J connectivity index is 2.75. The molecule has 0 saturated carbocycles. The van der Waals surface area contributed by atoms with Crippen LogP contribution in [0.15, 0.2) is 18.2 Å². The Morgan fingerprint density at radius 2 is 2.23 bits per heavy atom. The summed E-state index contributed by atoms with van der Waals surface area (Å²) in [5, 5.41) is 11.0. The minimum atomic E-state index is 0.0884. The molecule has 2 nitrogen and oxygen atoms in total. The van der Waals surface area contributed by atoms with E-state index in [0.717, 1.165) is 21.5 Å². The van der Waals surface area contributed by atoms with E-state index in [2.05, 4.69) is 0 Å². The van der Waals surface area contributed by atoms with Crippen LogP contribution in [-0.2, 0) is 6.61 Å². The first-order chi connectivity index (χ1) is 6.22. The number of fused-ring (bicyclic) bond motifs is 1. The summed E-state index contributed by atoms with van der Waals surface area (Å²) in [6, 6.07) is 5.93. The summed E-state index contributed by atoms with van der Waals surface area (Å²) < 4.78 is 1.19. The number of anilines is 1. The third kappa shape index (κ3) is 1.30. The number of rotatable bonds is 1. The molecule has 1 aromatic heterocycles. The molecule has 0 aliphatic rings. The van der Waals surface area contributed by atoms with Gasteiger partial charge in [-0.05, 0) is 35.6 Å². The molecule has 1 aromatic carbocycles. The number of thiophene rings is 1. The largest absolute Gasteiger partial charge is 0.392 e. The number of hydrogen-bond donors (Lipinski definition) is 2. The highest BCUT2D eigenvalue weighted by Gasteiger charge is 2.05. The van der Waals surface area contributed by atoms with Crippen molar-refractivity contribution in [2.24, 2.45) is 0 Å². The third-order valence-corrected chi connectivity index (χ3v) is 3.32. The van der Waals surface area contributed by atoms with Gasteiger partial charge in [0.15, 0.2) is 0 Å². The van der Waals surface area contributed by atoms with Gasteiger partial charge in [0.1, 0.15) is 0 Å². The molecule has 0 saturated heterocycles. The van der Waals surface area contributed by atoms with Crippen molar-refractivity contribution in [3.8, 4) is 0 Å². The molecule has 0 aliphatic carbocycles. The Morgan fingerprint density at radius 1 is 1.46 bits per heavy atom. The highest BCUT2D eigenvalue weighted by atomic mass is 32.1. The van der Waals surface area contributed by atoms with Gasteiger partial charge in [-0.1, -0.05) is 6.07 Å². The van der Waals surface area contributed by atoms with Crippen molar-refractivity contribution in [2.75, 3.05) is 5.73 Å². The molecule has 0 aliphatic heterocycles. The second kappa shape index (κ2) is 3.01. The molecule has 13 heavy (non-hydrogen) atoms. The topological polar surface area (TPSA) is 46.2 Å². The number of hydrogen-bond acceptors (Lipinski definition) is 3. The van der Waals surface area contributed by atoms with Crippen molar-refractivity contribution < 1.29 is 5.11 Å². The summed E-state index contributed by atoms with van der Waals surface area (Å²) in [7, 11) is 0. The monoisotopic (exact) mass is 193 g/mol. The fourth-order valence-electron chi connectivity index (χ4n) is 1.39. The SMILES string of the molecule is Cc1c(N)sc2ccc(CO)cc12. The van der Waals surface area contributed by atoms with Crippen molar-refractivity contribution in [1.82, 2.24) is 0 Å². The quantitative estimate of drug-likeness (QED) is 0.730. The number of aliphatic hydroxyl groups is 1. The van der Waals surface area contributed by atoms with Gasteiger partial charge >= 0.3 is 0 Å². The van der Waals surface area contributed by atoms with Gasteiger partial charge in [-0.25, -0.2) is 0 Å². The zero-order valence-corrected chi connectivity index (χ0v) is 8.19. The maximum Gasteiger partial charge on any atom is 0.0898 e. The van der Waals surface area contributed by atoms with Gasteiger partial charge in [-0.2, -0.15) is 0 Å². The predicted octanol–water partition coefficient (Wildman–Crippen LogP) is 2.28. The lowest BCUT2D eigenvalue weighted by Gasteiger charge is -1.96. The second-order valence-electron chi connectivity index (χ2n) is 3.08. The van der Waals surface area contributed by atoms with Gasteiger partial charge in [0.2, 0.25) is 0 Å². The summed E-state index contributed by atoms with van der Waals surface area (Å²) >= 11 is 1.59. The minimum Gasteiger partial charge on any atom is -0.392 e. The predicted molar refractivity (Wildman–Crippen MR) is 56.9 cm³/mol. The van der Waals surface area contributed by atoms with Gasteiger partial charge in [0.25, 0.3) is 0 Å². The van der Waals surface area contributed by atoms with E-state index in [0.29, 0.717) is 0 Å². The van der Waals surface area contributed by atoms with Crippen LogP contribution in [0.3, 0.4) is 0 Å². The molecular weight excluding hydrogens is 182 g/mol. The molecule has 2 aromatic rings. The van der Waals surface area contributed by atoms with Gasteiger partial charge in [0, 0.05) is 4.70 Å². The Hall–Kier alpha value is -1.06. The maximum absolute atomic E-state index is 8.97. The van der Waals surface area contributed by atoms with Gasteiger partial charge in [0.05, 0.1) is 11.6 Å². The fourth-order valence-corrected chi connectivity index (χ4v) is 2.34. The van der Waals surface area contributed by atoms with Crippen LogP contribution in [0.25, 0.3) is 10.1 Å². The Morgan fingerprint density at radius 3 is 2.92 bits per heavy atom. The zero-order chi connectivity index (χ0) is 9.42. The molecule has 2 rings (SSSR count). The summed E-state index contributed by atoms with van der Waals surface area (Å²) in [6.45, 7) is 2.10. The Bertz CT molecular complexity index is 447. The lowest BCUT2D eigenvalue weighted by atomic mass is 10.1. The Kier molecular flexibility index (Phi) is 1.98. The molecule has 3 N–H and O–H groups in total. The fraction of sp³-hybridized carbons (Fsp3) is 0.200. The first-order valence-corrected chi connectivity index (χ1v) is 4.92. The number of benzene rings is 1. The number of nitrogen functional groups attached to an aromatic ring is 1. The van der Waals surface area contributed by atoms with E-state index in [1.54, 1.807) is 11.3 Å². The highest BCUT2D eigenvalue weighted by molar-refractivity contribution is 7.22. The average Bonchev–Trinajstić information content (AvgIpc) is 2.43. The van der Waals surface area contributed by atoms with Crippen LogP contribution >= 0.6 is 11.3 Å². The maximum atomic E-state index is 8.97. The molecule has 0 spiro atoms. The van der Waals surface area contributed by atoms with E-state index in [-0.39, 0.29) is 6.61 Å². The summed E-state index contributed by atoms with van der Waals surface area (Å²) in [5.74, 6) is 0. The molecular formula is C10H11NOS. The lowest BCUT2D eigenvalue weighted by molar-refractivity contribution is 0.282. The van der Waals surface area contributed by atoms with Gasteiger partial charge in [-0.3, -0.25) is 0 Å². The van der Waals surface area contributed by atoms with Crippen LogP contribution in [0.5, 0.6) is 0 Å². The van der Waals surface area contributed by atoms with E-state index >= 15 is 0 Å². The average molecular weight is 193 g/mol. The van der Waals surface area contributed by atoms with Crippen LogP contribution in [0.4, 0.5) is 5.00 Å². The van der Waals surface area contributed by atoms with Crippen LogP contribution in [-0.4, -0.2) is 5.11 Å². The van der Waals surface area contributed by atoms with Crippen LogP contribution in [0.1, 0.15) is 11.1 Å². The molecule has 0 radical (unpaired) electrons. The van der Waals surface area contributed by atoms with Gasteiger partial charge in [-0.15, -0.1) is 11.3 Å². The summed E-state index contributed by atoms with van der Waals surface area (Å²) in [5.41, 5.74) is 7.86. The summed E-state index contributed by atoms with van der Waals surface area (Å²) in [6.07, 6.45) is 0. The van der Waals surface area contributed by atoms with Crippen molar-refractivity contribution in [3.63, 3.8) is 0 Å². The highest BCUT2D eigenvalue weighted by Crippen LogP contribution is 2.33. The molecule has 3 heteroatoms. The first-order valence-electron chi connectivity index (χ1n) is 4.10. The van der Waals surface area contributed by atoms with Crippen LogP contribution in [0, 0.1) is 6.92 Å². The number of nitrogens with two attached hydrogens (primary N) is 1. The van der Waals surface area contributed by atoms with Crippen molar-refractivity contribution in [3.05, 3.63) is 29.3 Å². The molecule has 0 atom stereocenters. The number of aryl methyl sites for hydroxylation is 1. The minimum absolute atomic E-state index is 0.0884. The second-order valence-corrected chi connectivity index (χ2v) is 4.16. The van der Waals surface area contributed by atoms with E-state index in [1.807, 2.05) is 25.1 Å². The van der Waals surface area contributed by atoms with Crippen molar-refractivity contribution in [2.45, 2.75) is 13.5 Å². The molecule has 0 bridgehead atoms. The first kappa shape index (κ1) is 8.53. The standard InChI is InChI=1S/C10H11NOS/c1-6-8-4-7(5-12)2-3-9(8)13-10(6)11/h2-4,12H,5,11H2,1H3. The van der Waals surface area contributed by atoms with E-state index in [9.17, 15) is 0 Å². The molecule has 0 unspecified atom stereocenters. The Labute approximate surface area is 80.6 Å². The molecule has 0 fully saturated rings. The van der Waals surface area contributed by atoms with E-state index < -0.39 is 0 Å². The number of aliphatic hydroxyl groups excluding tert-OH is 1. The van der Waals surface area contributed by atoms with Crippen LogP contribution in [0.2, 0.25) is 0 Å².